The number of hydrogen-bond acceptors (Lipinski definition) is 6. The number of sulfonamides is 1. The van der Waals surface area contributed by atoms with Crippen LogP contribution in [0.3, 0.4) is 0 Å². The van der Waals surface area contributed by atoms with E-state index in [0.29, 0.717) is 23.8 Å². The molecular weight excluding hydrogens is 432 g/mol. The van der Waals surface area contributed by atoms with E-state index in [4.69, 9.17) is 11.6 Å². The van der Waals surface area contributed by atoms with Crippen molar-refractivity contribution in [2.75, 3.05) is 21.9 Å². The Balaban J connectivity index is 1.52. The number of anilines is 2. The highest BCUT2D eigenvalue weighted by atomic mass is 35.5. The number of halogens is 1. The third-order valence-corrected chi connectivity index (χ3v) is 7.46. The molecule has 2 aromatic heterocycles. The van der Waals surface area contributed by atoms with Crippen molar-refractivity contribution in [3.63, 3.8) is 0 Å². The Kier molecular flexibility index (Phi) is 5.53. The molecule has 150 valence electrons. The zero-order valence-electron chi connectivity index (χ0n) is 15.2. The topological polar surface area (TPSA) is 92.3 Å². The highest BCUT2D eigenvalue weighted by Crippen LogP contribution is 2.29. The van der Waals surface area contributed by atoms with Gasteiger partial charge < -0.3 is 0 Å². The van der Waals surface area contributed by atoms with E-state index in [-0.39, 0.29) is 16.3 Å². The second-order valence-electron chi connectivity index (χ2n) is 6.49. The fraction of sp³-hybridized carbons (Fsp3) is 0.211. The maximum atomic E-state index is 12.6. The summed E-state index contributed by atoms with van der Waals surface area (Å²) in [4.78, 5) is 21.1. The maximum absolute atomic E-state index is 12.6. The van der Waals surface area contributed by atoms with Gasteiger partial charge in [0.1, 0.15) is 0 Å². The lowest BCUT2D eigenvalue weighted by atomic mass is 10.2. The van der Waals surface area contributed by atoms with Crippen molar-refractivity contribution in [1.82, 2.24) is 9.97 Å². The van der Waals surface area contributed by atoms with E-state index in [1.807, 2.05) is 17.5 Å². The van der Waals surface area contributed by atoms with Crippen LogP contribution in [-0.2, 0) is 10.0 Å². The Morgan fingerprint density at radius 1 is 1.24 bits per heavy atom. The SMILES string of the molecule is O=C(Nc1nc(-c2cccnc2)cs1)c1ccc(N2CCCCS2(=O)=O)cc1Cl. The van der Waals surface area contributed by atoms with Gasteiger partial charge in [-0.1, -0.05) is 11.6 Å². The lowest BCUT2D eigenvalue weighted by Gasteiger charge is -2.28. The molecule has 3 heterocycles. The molecule has 0 bridgehead atoms. The minimum absolute atomic E-state index is 0.121. The van der Waals surface area contributed by atoms with E-state index < -0.39 is 15.9 Å². The van der Waals surface area contributed by atoms with E-state index in [1.165, 1.54) is 27.8 Å². The molecule has 1 aliphatic rings. The zero-order valence-corrected chi connectivity index (χ0v) is 17.6. The summed E-state index contributed by atoms with van der Waals surface area (Å²) in [5.41, 5.74) is 2.30. The van der Waals surface area contributed by atoms with Gasteiger partial charge in [0, 0.05) is 29.9 Å². The predicted molar refractivity (Wildman–Crippen MR) is 115 cm³/mol. The van der Waals surface area contributed by atoms with Crippen molar-refractivity contribution in [3.8, 4) is 11.3 Å². The van der Waals surface area contributed by atoms with Gasteiger partial charge in [-0.15, -0.1) is 11.3 Å². The summed E-state index contributed by atoms with van der Waals surface area (Å²) >= 11 is 7.59. The number of nitrogens with zero attached hydrogens (tertiary/aromatic N) is 3. The first-order valence-electron chi connectivity index (χ1n) is 8.91. The number of aromatic nitrogens is 2. The second kappa shape index (κ2) is 8.10. The number of carbonyl (C=O) groups is 1. The number of amides is 1. The summed E-state index contributed by atoms with van der Waals surface area (Å²) in [6.07, 6.45) is 4.83. The fourth-order valence-corrected chi connectivity index (χ4v) is 5.67. The third-order valence-electron chi connectivity index (χ3n) is 4.52. The van der Waals surface area contributed by atoms with Crippen LogP contribution in [0.2, 0.25) is 5.02 Å². The standard InChI is InChI=1S/C19H17ClN4O3S2/c20-16-10-14(24-8-1-2-9-29(24,26)27)5-6-15(16)18(25)23-19-22-17(12-28-19)13-4-3-7-21-11-13/h3-7,10-12H,1-2,8-9H2,(H,22,23,25). The van der Waals surface area contributed by atoms with E-state index in [0.717, 1.165) is 17.7 Å². The molecular formula is C19H17ClN4O3S2. The van der Waals surface area contributed by atoms with E-state index >= 15 is 0 Å². The second-order valence-corrected chi connectivity index (χ2v) is 9.77. The Bertz CT molecular complexity index is 1150. The molecule has 29 heavy (non-hydrogen) atoms. The lowest BCUT2D eigenvalue weighted by Crippen LogP contribution is -2.37. The highest BCUT2D eigenvalue weighted by Gasteiger charge is 2.26. The van der Waals surface area contributed by atoms with Crippen LogP contribution in [0.4, 0.5) is 10.8 Å². The Morgan fingerprint density at radius 3 is 2.83 bits per heavy atom. The molecule has 0 unspecified atom stereocenters. The average Bonchev–Trinajstić information content (AvgIpc) is 3.16. The normalized spacial score (nSPS) is 15.8. The smallest absolute Gasteiger partial charge is 0.258 e. The highest BCUT2D eigenvalue weighted by molar-refractivity contribution is 7.92. The summed E-state index contributed by atoms with van der Waals surface area (Å²) < 4.78 is 25.9. The van der Waals surface area contributed by atoms with Gasteiger partial charge in [0.25, 0.3) is 5.91 Å². The van der Waals surface area contributed by atoms with Gasteiger partial charge in [-0.3, -0.25) is 19.4 Å². The molecule has 10 heteroatoms. The van der Waals surface area contributed by atoms with Crippen LogP contribution >= 0.6 is 22.9 Å². The third kappa shape index (κ3) is 4.26. The Hall–Kier alpha value is -2.49. The first-order chi connectivity index (χ1) is 13.9. The van der Waals surface area contributed by atoms with E-state index in [1.54, 1.807) is 18.5 Å². The van der Waals surface area contributed by atoms with Gasteiger partial charge in [0.2, 0.25) is 10.0 Å². The number of hydrogen-bond donors (Lipinski definition) is 1. The first kappa shape index (κ1) is 19.8. The largest absolute Gasteiger partial charge is 0.298 e. The fourth-order valence-electron chi connectivity index (χ4n) is 3.06. The van der Waals surface area contributed by atoms with Crippen LogP contribution in [0.25, 0.3) is 11.3 Å². The van der Waals surface area contributed by atoms with Crippen molar-refractivity contribution in [2.45, 2.75) is 12.8 Å². The molecule has 7 nitrogen and oxygen atoms in total. The first-order valence-corrected chi connectivity index (χ1v) is 11.8. The van der Waals surface area contributed by atoms with Crippen LogP contribution in [0, 0.1) is 0 Å². The molecule has 1 aromatic carbocycles. The molecule has 0 aliphatic carbocycles. The number of pyridine rings is 1. The summed E-state index contributed by atoms with van der Waals surface area (Å²) in [6.45, 7) is 0.417. The van der Waals surface area contributed by atoms with Gasteiger partial charge in [0.15, 0.2) is 5.13 Å². The van der Waals surface area contributed by atoms with E-state index in [9.17, 15) is 13.2 Å². The van der Waals surface area contributed by atoms with Crippen LogP contribution in [0.15, 0.2) is 48.1 Å². The quantitative estimate of drug-likeness (QED) is 0.650. The van der Waals surface area contributed by atoms with Gasteiger partial charge in [-0.25, -0.2) is 13.4 Å². The molecule has 0 saturated carbocycles. The summed E-state index contributed by atoms with van der Waals surface area (Å²) in [5, 5.41) is 5.19. The molecule has 1 saturated heterocycles. The average molecular weight is 449 g/mol. The summed E-state index contributed by atoms with van der Waals surface area (Å²) in [5.74, 6) is -0.286. The molecule has 1 amide bonds. The van der Waals surface area contributed by atoms with Gasteiger partial charge in [-0.2, -0.15) is 0 Å². The van der Waals surface area contributed by atoms with Crippen LogP contribution in [-0.4, -0.2) is 36.6 Å². The number of rotatable bonds is 4. The molecule has 0 atom stereocenters. The maximum Gasteiger partial charge on any atom is 0.258 e. The molecule has 0 radical (unpaired) electrons. The Labute approximate surface area is 177 Å². The van der Waals surface area contributed by atoms with Gasteiger partial charge >= 0.3 is 0 Å². The van der Waals surface area contributed by atoms with E-state index in [2.05, 4.69) is 15.3 Å². The molecule has 1 aliphatic heterocycles. The molecule has 3 aromatic rings. The Morgan fingerprint density at radius 2 is 2.10 bits per heavy atom. The lowest BCUT2D eigenvalue weighted by molar-refractivity contribution is 0.102. The number of carbonyl (C=O) groups excluding carboxylic acids is 1. The molecule has 1 N–H and O–H groups in total. The predicted octanol–water partition coefficient (Wildman–Crippen LogP) is 4.04. The van der Waals surface area contributed by atoms with Gasteiger partial charge in [0.05, 0.1) is 27.7 Å². The summed E-state index contributed by atoms with van der Waals surface area (Å²) in [7, 11) is -3.34. The van der Waals surface area contributed by atoms with Crippen molar-refractivity contribution in [2.24, 2.45) is 0 Å². The summed E-state index contributed by atoms with van der Waals surface area (Å²) in [6, 6.07) is 8.36. The van der Waals surface area contributed by atoms with Crippen molar-refractivity contribution in [3.05, 3.63) is 58.7 Å². The number of nitrogens with one attached hydrogen (secondary N) is 1. The van der Waals surface area contributed by atoms with Gasteiger partial charge in [-0.05, 0) is 43.2 Å². The minimum Gasteiger partial charge on any atom is -0.298 e. The van der Waals surface area contributed by atoms with Crippen LogP contribution in [0.1, 0.15) is 23.2 Å². The zero-order chi connectivity index (χ0) is 20.4. The van der Waals surface area contributed by atoms with Crippen molar-refractivity contribution in [1.29, 1.82) is 0 Å². The molecule has 1 fully saturated rings. The minimum atomic E-state index is -3.34. The number of thiazole rings is 1. The van der Waals surface area contributed by atoms with Crippen molar-refractivity contribution >= 4 is 49.7 Å². The number of benzene rings is 1. The van der Waals surface area contributed by atoms with Crippen molar-refractivity contribution < 1.29 is 13.2 Å². The molecule has 4 rings (SSSR count). The molecule has 0 spiro atoms. The van der Waals surface area contributed by atoms with Crippen LogP contribution in [0.5, 0.6) is 0 Å². The monoisotopic (exact) mass is 448 g/mol. The van der Waals surface area contributed by atoms with Crippen LogP contribution < -0.4 is 9.62 Å².